The number of amides is 1. The molecule has 0 radical (unpaired) electrons. The first kappa shape index (κ1) is 21.0. The molecule has 1 amide bonds. The molecule has 162 valence electrons. The number of esters is 1. The van der Waals surface area contributed by atoms with Gasteiger partial charge in [-0.3, -0.25) is 4.79 Å². The maximum Gasteiger partial charge on any atom is 0.379 e. The lowest BCUT2D eigenvalue weighted by Gasteiger charge is -2.13. The first-order valence-electron chi connectivity index (χ1n) is 10.1. The van der Waals surface area contributed by atoms with E-state index in [4.69, 9.17) is 9.26 Å². The van der Waals surface area contributed by atoms with Crippen LogP contribution in [0.2, 0.25) is 0 Å². The van der Waals surface area contributed by atoms with E-state index in [0.29, 0.717) is 11.6 Å². The summed E-state index contributed by atoms with van der Waals surface area (Å²) in [5.74, 6) is -0.167. The van der Waals surface area contributed by atoms with Crippen molar-refractivity contribution in [1.82, 2.24) is 19.9 Å². The number of anilines is 1. The van der Waals surface area contributed by atoms with Gasteiger partial charge in [0, 0.05) is 11.6 Å². The number of nitrogens with one attached hydrogen (secondary N) is 1. The summed E-state index contributed by atoms with van der Waals surface area (Å²) in [6.45, 7) is 3.44. The third-order valence-electron chi connectivity index (χ3n) is 4.61. The van der Waals surface area contributed by atoms with Crippen LogP contribution in [0.25, 0.3) is 17.1 Å². The Kier molecular flexibility index (Phi) is 6.07. The van der Waals surface area contributed by atoms with Crippen molar-refractivity contribution >= 4 is 17.7 Å². The maximum absolute atomic E-state index is 12.8. The van der Waals surface area contributed by atoms with Crippen molar-refractivity contribution in [3.05, 3.63) is 78.3 Å². The zero-order valence-electron chi connectivity index (χ0n) is 17.6. The highest BCUT2D eigenvalue weighted by atomic mass is 16.5. The quantitative estimate of drug-likeness (QED) is 0.443. The third-order valence-corrected chi connectivity index (χ3v) is 4.61. The minimum Gasteiger partial charge on any atom is -0.446 e. The van der Waals surface area contributed by atoms with Crippen molar-refractivity contribution in [2.24, 2.45) is 0 Å². The molecule has 0 saturated carbocycles. The first-order valence-corrected chi connectivity index (χ1v) is 10.1. The van der Waals surface area contributed by atoms with E-state index < -0.39 is 18.0 Å². The van der Waals surface area contributed by atoms with E-state index in [9.17, 15) is 9.59 Å². The zero-order valence-corrected chi connectivity index (χ0v) is 17.6. The van der Waals surface area contributed by atoms with E-state index >= 15 is 0 Å². The number of carbonyl (C=O) groups is 2. The van der Waals surface area contributed by atoms with Gasteiger partial charge in [0.1, 0.15) is 5.76 Å². The molecular weight excluding hydrogens is 410 g/mol. The van der Waals surface area contributed by atoms with Crippen molar-refractivity contribution < 1.29 is 18.8 Å². The molecule has 0 spiro atoms. The van der Waals surface area contributed by atoms with Crippen LogP contribution in [0.1, 0.15) is 29.7 Å². The molecule has 9 nitrogen and oxygen atoms in total. The van der Waals surface area contributed by atoms with Gasteiger partial charge in [-0.05, 0) is 25.5 Å². The first-order chi connectivity index (χ1) is 15.5. The van der Waals surface area contributed by atoms with Crippen LogP contribution in [0, 0.1) is 6.92 Å². The molecule has 0 aliphatic heterocycles. The van der Waals surface area contributed by atoms with E-state index in [1.54, 1.807) is 24.6 Å². The molecule has 9 heteroatoms. The van der Waals surface area contributed by atoms with Gasteiger partial charge in [-0.25, -0.2) is 14.5 Å². The normalized spacial score (nSPS) is 11.7. The van der Waals surface area contributed by atoms with Gasteiger partial charge in [-0.15, -0.1) is 5.10 Å². The van der Waals surface area contributed by atoms with Gasteiger partial charge in [0.2, 0.25) is 0 Å². The molecule has 1 N–H and O–H groups in total. The Balaban J connectivity index is 1.59. The molecule has 2 aromatic heterocycles. The van der Waals surface area contributed by atoms with Crippen LogP contribution < -0.4 is 5.32 Å². The molecule has 1 atom stereocenters. The molecule has 0 saturated heterocycles. The van der Waals surface area contributed by atoms with Crippen LogP contribution in [-0.2, 0) is 9.53 Å². The van der Waals surface area contributed by atoms with Gasteiger partial charge < -0.3 is 14.6 Å². The molecule has 2 heterocycles. The van der Waals surface area contributed by atoms with Crippen LogP contribution in [0.5, 0.6) is 0 Å². The number of benzene rings is 2. The molecule has 0 unspecified atom stereocenters. The van der Waals surface area contributed by atoms with Gasteiger partial charge in [0.15, 0.2) is 17.7 Å². The van der Waals surface area contributed by atoms with E-state index in [-0.39, 0.29) is 18.1 Å². The summed E-state index contributed by atoms with van der Waals surface area (Å²) in [6, 6.07) is 20.3. The van der Waals surface area contributed by atoms with E-state index in [1.807, 2.05) is 60.7 Å². The summed E-state index contributed by atoms with van der Waals surface area (Å²) < 4.78 is 11.9. The van der Waals surface area contributed by atoms with Crippen molar-refractivity contribution in [3.8, 4) is 17.1 Å². The molecule has 0 aliphatic carbocycles. The third kappa shape index (κ3) is 4.56. The number of rotatable bonds is 7. The Morgan fingerprint density at radius 3 is 2.41 bits per heavy atom. The lowest BCUT2D eigenvalue weighted by molar-refractivity contribution is -0.124. The molecule has 4 rings (SSSR count). The predicted octanol–water partition coefficient (Wildman–Crippen LogP) is 3.80. The minimum atomic E-state index is -1.04. The number of aromatic nitrogens is 4. The standard InChI is InChI=1S/C23H21N5O4/c1-3-18(22(29)24-19-14-15(2)32-27-19)31-23(30)20-25-21(16-10-6-4-7-11-16)28(26-20)17-12-8-5-9-13-17/h4-14,18H,3H2,1-2H3,(H,24,27,29)/t18-/m1/s1. The monoisotopic (exact) mass is 431 g/mol. The smallest absolute Gasteiger partial charge is 0.379 e. The van der Waals surface area contributed by atoms with Gasteiger partial charge in [0.25, 0.3) is 11.7 Å². The van der Waals surface area contributed by atoms with E-state index in [2.05, 4.69) is 20.6 Å². The second-order valence-electron chi connectivity index (χ2n) is 6.99. The van der Waals surface area contributed by atoms with Crippen molar-refractivity contribution in [1.29, 1.82) is 0 Å². The summed E-state index contributed by atoms with van der Waals surface area (Å²) in [7, 11) is 0. The molecule has 4 aromatic rings. The summed E-state index contributed by atoms with van der Waals surface area (Å²) in [5.41, 5.74) is 1.53. The van der Waals surface area contributed by atoms with Crippen molar-refractivity contribution in [2.45, 2.75) is 26.4 Å². The molecule has 0 aliphatic rings. The average Bonchev–Trinajstić information content (AvgIpc) is 3.45. The highest BCUT2D eigenvalue weighted by Crippen LogP contribution is 2.21. The Morgan fingerprint density at radius 1 is 1.09 bits per heavy atom. The maximum atomic E-state index is 12.8. The number of hydrogen-bond donors (Lipinski definition) is 1. The second-order valence-corrected chi connectivity index (χ2v) is 6.99. The fourth-order valence-corrected chi connectivity index (χ4v) is 3.06. The number of carbonyl (C=O) groups excluding carboxylic acids is 2. The summed E-state index contributed by atoms with van der Waals surface area (Å²) in [5, 5.41) is 10.7. The second kappa shape index (κ2) is 9.25. The largest absolute Gasteiger partial charge is 0.446 e. The Bertz CT molecular complexity index is 1160. The molecule has 0 fully saturated rings. The fraction of sp³-hybridized carbons (Fsp3) is 0.174. The number of aryl methyl sites for hydroxylation is 1. The summed E-state index contributed by atoms with van der Waals surface area (Å²) in [6.07, 6.45) is -0.775. The lowest BCUT2D eigenvalue weighted by Crippen LogP contribution is -2.32. The van der Waals surface area contributed by atoms with Crippen LogP contribution in [0.15, 0.2) is 71.3 Å². The Hall–Kier alpha value is -4.27. The highest BCUT2D eigenvalue weighted by molar-refractivity contribution is 5.96. The summed E-state index contributed by atoms with van der Waals surface area (Å²) >= 11 is 0. The molecule has 32 heavy (non-hydrogen) atoms. The zero-order chi connectivity index (χ0) is 22.5. The molecular formula is C23H21N5O4. The van der Waals surface area contributed by atoms with Gasteiger partial charge >= 0.3 is 5.97 Å². The van der Waals surface area contributed by atoms with Crippen LogP contribution in [-0.4, -0.2) is 37.9 Å². The number of nitrogens with zero attached hydrogens (tertiary/aromatic N) is 4. The molecule has 2 aromatic carbocycles. The number of hydrogen-bond acceptors (Lipinski definition) is 7. The Morgan fingerprint density at radius 2 is 1.78 bits per heavy atom. The van der Waals surface area contributed by atoms with Gasteiger partial charge in [-0.2, -0.15) is 0 Å². The van der Waals surface area contributed by atoms with Gasteiger partial charge in [0.05, 0.1) is 5.69 Å². The highest BCUT2D eigenvalue weighted by Gasteiger charge is 2.26. The molecule has 0 bridgehead atoms. The SMILES string of the molecule is CC[C@@H](OC(=O)c1nc(-c2ccccc2)n(-c2ccccc2)n1)C(=O)Nc1cc(C)on1. The predicted molar refractivity (Wildman–Crippen MR) is 116 cm³/mol. The van der Waals surface area contributed by atoms with Gasteiger partial charge in [-0.1, -0.05) is 60.6 Å². The number of para-hydroxylation sites is 1. The topological polar surface area (TPSA) is 112 Å². The van der Waals surface area contributed by atoms with Crippen LogP contribution >= 0.6 is 0 Å². The summed E-state index contributed by atoms with van der Waals surface area (Å²) in [4.78, 5) is 29.8. The van der Waals surface area contributed by atoms with E-state index in [1.165, 1.54) is 0 Å². The van der Waals surface area contributed by atoms with Crippen molar-refractivity contribution in [2.75, 3.05) is 5.32 Å². The lowest BCUT2D eigenvalue weighted by atomic mass is 10.2. The van der Waals surface area contributed by atoms with E-state index in [0.717, 1.165) is 11.3 Å². The minimum absolute atomic E-state index is 0.142. The van der Waals surface area contributed by atoms with Crippen LogP contribution in [0.3, 0.4) is 0 Å². The van der Waals surface area contributed by atoms with Crippen molar-refractivity contribution in [3.63, 3.8) is 0 Å². The Labute approximate surface area is 184 Å². The number of ether oxygens (including phenoxy) is 1. The fourth-order valence-electron chi connectivity index (χ4n) is 3.06. The average molecular weight is 431 g/mol. The van der Waals surface area contributed by atoms with Crippen LogP contribution in [0.4, 0.5) is 5.82 Å².